The standard InChI is InChI=1S/C21H25NO3/c23-22(24)21-19(13-11-17-7-3-1-4-8-17)15-25-16-20(21)14-12-18-9-5-2-6-10-18/h1-10,19-21H,11-16H2/t19-,20+,21?. The highest BCUT2D eigenvalue weighted by Gasteiger charge is 2.42. The first-order valence-corrected chi connectivity index (χ1v) is 9.03. The molecule has 4 nitrogen and oxygen atoms in total. The second-order valence-electron chi connectivity index (χ2n) is 6.88. The highest BCUT2D eigenvalue weighted by atomic mass is 16.6. The van der Waals surface area contributed by atoms with Gasteiger partial charge in [0.05, 0.1) is 25.0 Å². The molecule has 1 fully saturated rings. The molecule has 4 heteroatoms. The SMILES string of the molecule is O=[N+]([O-])C1[C@H](CCc2ccccc2)COC[C@@H]1CCc1ccccc1. The van der Waals surface area contributed by atoms with Gasteiger partial charge in [-0.05, 0) is 36.8 Å². The minimum Gasteiger partial charge on any atom is -0.380 e. The van der Waals surface area contributed by atoms with E-state index in [1.54, 1.807) is 0 Å². The van der Waals surface area contributed by atoms with Crippen molar-refractivity contribution in [3.05, 3.63) is 81.9 Å². The molecule has 0 saturated carbocycles. The summed E-state index contributed by atoms with van der Waals surface area (Å²) in [6.07, 6.45) is 3.34. The lowest BCUT2D eigenvalue weighted by molar-refractivity contribution is -0.549. The van der Waals surface area contributed by atoms with E-state index in [9.17, 15) is 10.1 Å². The van der Waals surface area contributed by atoms with Crippen LogP contribution in [0.2, 0.25) is 0 Å². The van der Waals surface area contributed by atoms with Crippen molar-refractivity contribution >= 4 is 0 Å². The van der Waals surface area contributed by atoms with E-state index < -0.39 is 6.04 Å². The summed E-state index contributed by atoms with van der Waals surface area (Å²) in [6.45, 7) is 1.00. The van der Waals surface area contributed by atoms with Gasteiger partial charge in [0.25, 0.3) is 0 Å². The zero-order chi connectivity index (χ0) is 17.5. The lowest BCUT2D eigenvalue weighted by Gasteiger charge is -2.32. The normalized spacial score (nSPS) is 23.3. The fourth-order valence-corrected chi connectivity index (χ4v) is 3.80. The van der Waals surface area contributed by atoms with Gasteiger partial charge in [0.1, 0.15) is 0 Å². The number of ether oxygens (including phenoxy) is 1. The van der Waals surface area contributed by atoms with E-state index in [4.69, 9.17) is 4.74 Å². The Kier molecular flexibility index (Phi) is 6.18. The molecule has 0 radical (unpaired) electrons. The molecule has 2 aromatic rings. The van der Waals surface area contributed by atoms with Crippen LogP contribution in [-0.2, 0) is 17.6 Å². The summed E-state index contributed by atoms with van der Waals surface area (Å²) >= 11 is 0. The molecule has 1 heterocycles. The number of nitrogens with zero attached hydrogens (tertiary/aromatic N) is 1. The Bertz CT molecular complexity index is 608. The van der Waals surface area contributed by atoms with Crippen LogP contribution in [-0.4, -0.2) is 24.2 Å². The fourth-order valence-electron chi connectivity index (χ4n) is 3.80. The third-order valence-electron chi connectivity index (χ3n) is 5.17. The van der Waals surface area contributed by atoms with Crippen LogP contribution in [0.1, 0.15) is 24.0 Å². The molecule has 0 spiro atoms. The number of hydrogen-bond acceptors (Lipinski definition) is 3. The number of benzene rings is 2. The first-order chi connectivity index (χ1) is 12.2. The maximum atomic E-state index is 11.7. The molecule has 1 aliphatic heterocycles. The van der Waals surface area contributed by atoms with Crippen LogP contribution in [0.25, 0.3) is 0 Å². The van der Waals surface area contributed by atoms with Crippen molar-refractivity contribution < 1.29 is 9.66 Å². The van der Waals surface area contributed by atoms with E-state index in [0.29, 0.717) is 13.2 Å². The third-order valence-corrected chi connectivity index (χ3v) is 5.17. The Morgan fingerprint density at radius 2 is 1.28 bits per heavy atom. The zero-order valence-electron chi connectivity index (χ0n) is 14.4. The molecule has 25 heavy (non-hydrogen) atoms. The first-order valence-electron chi connectivity index (χ1n) is 9.03. The van der Waals surface area contributed by atoms with Crippen molar-refractivity contribution in [3.63, 3.8) is 0 Å². The van der Waals surface area contributed by atoms with Crippen molar-refractivity contribution in [1.29, 1.82) is 0 Å². The van der Waals surface area contributed by atoms with E-state index in [1.165, 1.54) is 11.1 Å². The average Bonchev–Trinajstić information content (AvgIpc) is 2.66. The van der Waals surface area contributed by atoms with Crippen LogP contribution in [0.5, 0.6) is 0 Å². The summed E-state index contributed by atoms with van der Waals surface area (Å²) in [4.78, 5) is 11.7. The molecule has 3 rings (SSSR count). The van der Waals surface area contributed by atoms with E-state index in [-0.39, 0.29) is 16.8 Å². The van der Waals surface area contributed by atoms with Crippen LogP contribution in [0.3, 0.4) is 0 Å². The minimum absolute atomic E-state index is 0.00951. The summed E-state index contributed by atoms with van der Waals surface area (Å²) in [5.74, 6) is -0.0190. The predicted octanol–water partition coefficient (Wildman–Crippen LogP) is 4.16. The maximum Gasteiger partial charge on any atom is 0.223 e. The molecule has 0 N–H and O–H groups in total. The van der Waals surface area contributed by atoms with Crippen molar-refractivity contribution in [2.45, 2.75) is 31.7 Å². The zero-order valence-corrected chi connectivity index (χ0v) is 14.4. The van der Waals surface area contributed by atoms with Gasteiger partial charge in [-0.15, -0.1) is 0 Å². The van der Waals surface area contributed by atoms with Gasteiger partial charge in [0.15, 0.2) is 0 Å². The second kappa shape index (κ2) is 8.77. The summed E-state index contributed by atoms with van der Waals surface area (Å²) in [5, 5.41) is 11.7. The van der Waals surface area contributed by atoms with Gasteiger partial charge < -0.3 is 4.74 Å². The van der Waals surface area contributed by atoms with E-state index >= 15 is 0 Å². The molecule has 0 aromatic heterocycles. The van der Waals surface area contributed by atoms with E-state index in [1.807, 2.05) is 36.4 Å². The third kappa shape index (κ3) is 4.89. The monoisotopic (exact) mass is 339 g/mol. The fraction of sp³-hybridized carbons (Fsp3) is 0.429. The van der Waals surface area contributed by atoms with Gasteiger partial charge in [-0.3, -0.25) is 10.1 Å². The van der Waals surface area contributed by atoms with Gasteiger partial charge in [-0.2, -0.15) is 0 Å². The van der Waals surface area contributed by atoms with Crippen molar-refractivity contribution in [2.75, 3.05) is 13.2 Å². The van der Waals surface area contributed by atoms with Crippen LogP contribution in [0, 0.1) is 22.0 Å². The Labute approximate surface area is 149 Å². The lowest BCUT2D eigenvalue weighted by atomic mass is 9.81. The molecule has 0 aliphatic carbocycles. The largest absolute Gasteiger partial charge is 0.380 e. The Morgan fingerprint density at radius 1 is 0.840 bits per heavy atom. The Hall–Kier alpha value is -2.20. The van der Waals surface area contributed by atoms with Crippen molar-refractivity contribution in [3.8, 4) is 0 Å². The molecule has 2 aromatic carbocycles. The lowest BCUT2D eigenvalue weighted by Crippen LogP contribution is -2.45. The van der Waals surface area contributed by atoms with Crippen LogP contribution in [0.15, 0.2) is 60.7 Å². The quantitative estimate of drug-likeness (QED) is 0.562. The molecular weight excluding hydrogens is 314 g/mol. The number of aryl methyl sites for hydroxylation is 2. The average molecular weight is 339 g/mol. The van der Waals surface area contributed by atoms with Gasteiger partial charge in [-0.25, -0.2) is 0 Å². The molecule has 132 valence electrons. The van der Waals surface area contributed by atoms with Crippen molar-refractivity contribution in [1.82, 2.24) is 0 Å². The van der Waals surface area contributed by atoms with Gasteiger partial charge in [0, 0.05) is 4.92 Å². The maximum absolute atomic E-state index is 11.7. The highest BCUT2D eigenvalue weighted by Crippen LogP contribution is 2.30. The Balaban J connectivity index is 1.61. The molecule has 0 amide bonds. The number of hydrogen-bond donors (Lipinski definition) is 0. The highest BCUT2D eigenvalue weighted by molar-refractivity contribution is 5.15. The van der Waals surface area contributed by atoms with Gasteiger partial charge >= 0.3 is 0 Å². The number of nitro groups is 1. The molecule has 0 bridgehead atoms. The molecular formula is C21H25NO3. The van der Waals surface area contributed by atoms with E-state index in [2.05, 4.69) is 24.3 Å². The minimum atomic E-state index is -0.499. The summed E-state index contributed by atoms with van der Waals surface area (Å²) < 4.78 is 5.75. The smallest absolute Gasteiger partial charge is 0.223 e. The topological polar surface area (TPSA) is 52.4 Å². The second-order valence-corrected chi connectivity index (χ2v) is 6.88. The molecule has 1 saturated heterocycles. The van der Waals surface area contributed by atoms with Crippen LogP contribution >= 0.6 is 0 Å². The van der Waals surface area contributed by atoms with Crippen LogP contribution in [0.4, 0.5) is 0 Å². The molecule has 1 unspecified atom stereocenters. The molecule has 1 aliphatic rings. The van der Waals surface area contributed by atoms with Gasteiger partial charge in [-0.1, -0.05) is 60.7 Å². The van der Waals surface area contributed by atoms with E-state index in [0.717, 1.165) is 25.7 Å². The summed E-state index contributed by atoms with van der Waals surface area (Å²) in [7, 11) is 0. The summed E-state index contributed by atoms with van der Waals surface area (Å²) in [5.41, 5.74) is 2.46. The Morgan fingerprint density at radius 3 is 1.68 bits per heavy atom. The van der Waals surface area contributed by atoms with Crippen molar-refractivity contribution in [2.24, 2.45) is 11.8 Å². The van der Waals surface area contributed by atoms with Gasteiger partial charge in [0.2, 0.25) is 6.04 Å². The predicted molar refractivity (Wildman–Crippen MR) is 98.1 cm³/mol. The first kappa shape index (κ1) is 17.6. The molecule has 3 atom stereocenters. The summed E-state index contributed by atoms with van der Waals surface area (Å²) in [6, 6.07) is 19.9. The number of rotatable bonds is 7. The van der Waals surface area contributed by atoms with Crippen LogP contribution < -0.4 is 0 Å².